The predicted molar refractivity (Wildman–Crippen MR) is 62.0 cm³/mol. The number of aliphatic hydroxyl groups excluding tert-OH is 1. The second-order valence-electron chi connectivity index (χ2n) is 4.20. The van der Waals surface area contributed by atoms with Crippen LogP contribution in [0.2, 0.25) is 0 Å². The van der Waals surface area contributed by atoms with E-state index in [-0.39, 0.29) is 12.1 Å². The van der Waals surface area contributed by atoms with Gasteiger partial charge in [0.1, 0.15) is 0 Å². The zero-order chi connectivity index (χ0) is 10.7. The second kappa shape index (κ2) is 5.05. The third kappa shape index (κ3) is 3.00. The van der Waals surface area contributed by atoms with Crippen molar-refractivity contribution in [2.45, 2.75) is 51.3 Å². The highest BCUT2D eigenvalue weighted by molar-refractivity contribution is 7.09. The molecule has 0 amide bonds. The van der Waals surface area contributed by atoms with Crippen molar-refractivity contribution in [1.29, 1.82) is 0 Å². The van der Waals surface area contributed by atoms with Crippen LogP contribution in [0, 0.1) is 6.92 Å². The number of nitrogens with one attached hydrogen (secondary N) is 1. The molecule has 0 radical (unpaired) electrons. The Bertz CT molecular complexity index is 313. The number of aromatic nitrogens is 1. The quantitative estimate of drug-likeness (QED) is 0.826. The van der Waals surface area contributed by atoms with E-state index in [2.05, 4.69) is 15.7 Å². The maximum absolute atomic E-state index is 9.77. The van der Waals surface area contributed by atoms with Crippen molar-refractivity contribution in [2.75, 3.05) is 0 Å². The maximum atomic E-state index is 9.77. The number of aliphatic hydroxyl groups is 1. The molecule has 1 aliphatic carbocycles. The van der Waals surface area contributed by atoms with E-state index in [0.29, 0.717) is 0 Å². The number of hydrogen-bond acceptors (Lipinski definition) is 4. The summed E-state index contributed by atoms with van der Waals surface area (Å²) in [4.78, 5) is 4.39. The lowest BCUT2D eigenvalue weighted by Gasteiger charge is -2.28. The standard InChI is InChI=1S/C11H18N2OS/c1-8-13-9(7-15-8)6-12-10-4-2-3-5-11(10)14/h7,10-12,14H,2-6H2,1H3/t10-,11-/m1/s1. The maximum Gasteiger partial charge on any atom is 0.0897 e. The minimum absolute atomic E-state index is 0.168. The molecular weight excluding hydrogens is 208 g/mol. The topological polar surface area (TPSA) is 45.2 Å². The number of hydrogen-bond donors (Lipinski definition) is 2. The lowest BCUT2D eigenvalue weighted by molar-refractivity contribution is 0.0901. The summed E-state index contributed by atoms with van der Waals surface area (Å²) in [5.41, 5.74) is 1.09. The van der Waals surface area contributed by atoms with Crippen LogP contribution in [-0.4, -0.2) is 22.2 Å². The van der Waals surface area contributed by atoms with Crippen LogP contribution in [0.3, 0.4) is 0 Å². The number of rotatable bonds is 3. The molecule has 2 N–H and O–H groups in total. The summed E-state index contributed by atoms with van der Waals surface area (Å²) in [6, 6.07) is 0.265. The molecular formula is C11H18N2OS. The molecule has 0 aromatic carbocycles. The van der Waals surface area contributed by atoms with Gasteiger partial charge in [0, 0.05) is 18.0 Å². The average molecular weight is 226 g/mol. The zero-order valence-corrected chi connectivity index (χ0v) is 9.89. The minimum atomic E-state index is -0.168. The van der Waals surface area contributed by atoms with Gasteiger partial charge in [-0.25, -0.2) is 4.98 Å². The summed E-state index contributed by atoms with van der Waals surface area (Å²) in [7, 11) is 0. The monoisotopic (exact) mass is 226 g/mol. The Labute approximate surface area is 94.5 Å². The molecule has 0 saturated heterocycles. The fourth-order valence-electron chi connectivity index (χ4n) is 2.07. The Balaban J connectivity index is 1.81. The van der Waals surface area contributed by atoms with Crippen LogP contribution in [0.5, 0.6) is 0 Å². The van der Waals surface area contributed by atoms with Gasteiger partial charge in [0.2, 0.25) is 0 Å². The Hall–Kier alpha value is -0.450. The SMILES string of the molecule is Cc1nc(CN[C@@H]2CCCC[C@H]2O)cs1. The van der Waals surface area contributed by atoms with Crippen LogP contribution in [-0.2, 0) is 6.54 Å². The van der Waals surface area contributed by atoms with Crippen molar-refractivity contribution in [3.63, 3.8) is 0 Å². The smallest absolute Gasteiger partial charge is 0.0897 e. The molecule has 0 bridgehead atoms. The predicted octanol–water partition coefficient (Wildman–Crippen LogP) is 1.84. The fraction of sp³-hybridized carbons (Fsp3) is 0.727. The van der Waals surface area contributed by atoms with Crippen LogP contribution in [0.1, 0.15) is 36.4 Å². The molecule has 1 fully saturated rings. The van der Waals surface area contributed by atoms with E-state index < -0.39 is 0 Å². The van der Waals surface area contributed by atoms with Gasteiger partial charge < -0.3 is 10.4 Å². The van der Waals surface area contributed by atoms with E-state index >= 15 is 0 Å². The summed E-state index contributed by atoms with van der Waals surface area (Å²) in [6.07, 6.45) is 4.25. The average Bonchev–Trinajstić information content (AvgIpc) is 2.63. The zero-order valence-electron chi connectivity index (χ0n) is 9.07. The van der Waals surface area contributed by atoms with Gasteiger partial charge in [0.15, 0.2) is 0 Å². The van der Waals surface area contributed by atoms with Gasteiger partial charge >= 0.3 is 0 Å². The summed E-state index contributed by atoms with van der Waals surface area (Å²) >= 11 is 1.68. The highest BCUT2D eigenvalue weighted by Crippen LogP contribution is 2.18. The van der Waals surface area contributed by atoms with Crippen LogP contribution in [0.15, 0.2) is 5.38 Å². The van der Waals surface area contributed by atoms with E-state index in [9.17, 15) is 5.11 Å². The van der Waals surface area contributed by atoms with Crippen molar-refractivity contribution in [1.82, 2.24) is 10.3 Å². The third-order valence-electron chi connectivity index (χ3n) is 2.94. The Kier molecular flexibility index (Phi) is 3.72. The van der Waals surface area contributed by atoms with Gasteiger partial charge in [-0.05, 0) is 19.8 Å². The molecule has 3 nitrogen and oxygen atoms in total. The largest absolute Gasteiger partial charge is 0.392 e. The molecule has 84 valence electrons. The van der Waals surface area contributed by atoms with Gasteiger partial charge in [-0.3, -0.25) is 0 Å². The van der Waals surface area contributed by atoms with E-state index in [1.54, 1.807) is 11.3 Å². The molecule has 1 aromatic heterocycles. The van der Waals surface area contributed by atoms with Crippen LogP contribution < -0.4 is 5.32 Å². The molecule has 4 heteroatoms. The summed E-state index contributed by atoms with van der Waals surface area (Å²) < 4.78 is 0. The summed E-state index contributed by atoms with van der Waals surface area (Å²) in [5, 5.41) is 16.4. The minimum Gasteiger partial charge on any atom is -0.392 e. The van der Waals surface area contributed by atoms with E-state index in [0.717, 1.165) is 36.5 Å². The van der Waals surface area contributed by atoms with Crippen molar-refractivity contribution in [2.24, 2.45) is 0 Å². The summed E-state index contributed by atoms with van der Waals surface area (Å²) in [5.74, 6) is 0. The van der Waals surface area contributed by atoms with Crippen molar-refractivity contribution >= 4 is 11.3 Å². The molecule has 1 heterocycles. The molecule has 0 unspecified atom stereocenters. The van der Waals surface area contributed by atoms with Crippen molar-refractivity contribution < 1.29 is 5.11 Å². The van der Waals surface area contributed by atoms with Crippen LogP contribution >= 0.6 is 11.3 Å². The highest BCUT2D eigenvalue weighted by Gasteiger charge is 2.22. The molecule has 2 rings (SSSR count). The Morgan fingerprint density at radius 3 is 3.00 bits per heavy atom. The van der Waals surface area contributed by atoms with Gasteiger partial charge in [0.25, 0.3) is 0 Å². The van der Waals surface area contributed by atoms with Gasteiger partial charge in [-0.1, -0.05) is 12.8 Å². The van der Waals surface area contributed by atoms with Gasteiger partial charge in [0.05, 0.1) is 16.8 Å². The normalized spacial score (nSPS) is 26.8. The number of aryl methyl sites for hydroxylation is 1. The Morgan fingerprint density at radius 2 is 2.33 bits per heavy atom. The van der Waals surface area contributed by atoms with E-state index in [1.807, 2.05) is 6.92 Å². The second-order valence-corrected chi connectivity index (χ2v) is 5.26. The molecule has 15 heavy (non-hydrogen) atoms. The van der Waals surface area contributed by atoms with Gasteiger partial charge in [-0.15, -0.1) is 11.3 Å². The van der Waals surface area contributed by atoms with Crippen molar-refractivity contribution in [3.8, 4) is 0 Å². The molecule has 1 aliphatic rings. The molecule has 1 aromatic rings. The summed E-state index contributed by atoms with van der Waals surface area (Å²) in [6.45, 7) is 2.80. The molecule has 2 atom stereocenters. The molecule has 0 spiro atoms. The van der Waals surface area contributed by atoms with E-state index in [4.69, 9.17) is 0 Å². The first-order chi connectivity index (χ1) is 7.25. The first-order valence-electron chi connectivity index (χ1n) is 5.58. The van der Waals surface area contributed by atoms with Crippen molar-refractivity contribution in [3.05, 3.63) is 16.1 Å². The first kappa shape index (κ1) is 11.0. The van der Waals surface area contributed by atoms with Gasteiger partial charge in [-0.2, -0.15) is 0 Å². The molecule has 0 aliphatic heterocycles. The van der Waals surface area contributed by atoms with Crippen LogP contribution in [0.25, 0.3) is 0 Å². The highest BCUT2D eigenvalue weighted by atomic mass is 32.1. The number of thiazole rings is 1. The Morgan fingerprint density at radius 1 is 1.53 bits per heavy atom. The molecule has 1 saturated carbocycles. The lowest BCUT2D eigenvalue weighted by atomic mass is 9.92. The lowest BCUT2D eigenvalue weighted by Crippen LogP contribution is -2.41. The fourth-order valence-corrected chi connectivity index (χ4v) is 2.69. The third-order valence-corrected chi connectivity index (χ3v) is 3.76. The van der Waals surface area contributed by atoms with E-state index in [1.165, 1.54) is 6.42 Å². The number of nitrogens with zero attached hydrogens (tertiary/aromatic N) is 1. The first-order valence-corrected chi connectivity index (χ1v) is 6.46. The van der Waals surface area contributed by atoms with Crippen LogP contribution in [0.4, 0.5) is 0 Å².